The highest BCUT2D eigenvalue weighted by atomic mass is 32.2. The summed E-state index contributed by atoms with van der Waals surface area (Å²) in [7, 11) is -2.44. The molecule has 0 saturated heterocycles. The monoisotopic (exact) mass is 278 g/mol. The summed E-state index contributed by atoms with van der Waals surface area (Å²) in [5, 5.41) is 14.8. The summed E-state index contributed by atoms with van der Waals surface area (Å²) in [4.78, 5) is 0. The second-order valence-electron chi connectivity index (χ2n) is 3.52. The van der Waals surface area contributed by atoms with Crippen molar-refractivity contribution < 1.29 is 13.2 Å². The smallest absolute Gasteiger partial charge is 0.278 e. The Morgan fingerprint density at radius 3 is 2.79 bits per heavy atom. The lowest BCUT2D eigenvalue weighted by molar-refractivity contribution is 0.416. The van der Waals surface area contributed by atoms with Crippen LogP contribution in [0.2, 0.25) is 0 Å². The Bertz CT molecular complexity index is 717. The number of ether oxygens (including phenoxy) is 1. The lowest BCUT2D eigenvalue weighted by atomic mass is 10.2. The van der Waals surface area contributed by atoms with E-state index in [1.165, 1.54) is 25.4 Å². The average Bonchev–Trinajstić information content (AvgIpc) is 2.93. The van der Waals surface area contributed by atoms with Crippen LogP contribution in [0.5, 0.6) is 5.75 Å². The van der Waals surface area contributed by atoms with Crippen molar-refractivity contribution >= 4 is 15.7 Å². The molecule has 98 valence electrons. The topological polar surface area (TPSA) is 108 Å². The number of sulfonamides is 1. The first-order chi connectivity index (χ1) is 9.08. The number of nitrogens with one attached hydrogen (secondary N) is 2. The number of hydrogen-bond donors (Lipinski definition) is 2. The van der Waals surface area contributed by atoms with Crippen LogP contribution >= 0.6 is 0 Å². The van der Waals surface area contributed by atoms with E-state index in [-0.39, 0.29) is 22.0 Å². The molecule has 2 rings (SSSR count). The van der Waals surface area contributed by atoms with Crippen molar-refractivity contribution in [2.24, 2.45) is 0 Å². The standard InChI is InChI=1S/C11H10N4O3S/c1-18-9-4-2-3-8(7-12)11(9)15-19(16,17)10-5-6-13-14-10/h2-6,15H,1H3,(H,13,14). The van der Waals surface area contributed by atoms with Crippen molar-refractivity contribution in [3.8, 4) is 11.8 Å². The molecule has 0 fully saturated rings. The van der Waals surface area contributed by atoms with Crippen LogP contribution in [0.25, 0.3) is 0 Å². The lowest BCUT2D eigenvalue weighted by Gasteiger charge is -2.11. The molecule has 0 bridgehead atoms. The van der Waals surface area contributed by atoms with E-state index in [0.29, 0.717) is 0 Å². The van der Waals surface area contributed by atoms with E-state index < -0.39 is 10.0 Å². The number of aromatic nitrogens is 2. The van der Waals surface area contributed by atoms with E-state index in [2.05, 4.69) is 14.9 Å². The van der Waals surface area contributed by atoms with Crippen molar-refractivity contribution in [1.82, 2.24) is 10.2 Å². The molecule has 0 aliphatic carbocycles. The molecule has 1 aromatic carbocycles. The zero-order valence-electron chi connectivity index (χ0n) is 9.91. The molecule has 19 heavy (non-hydrogen) atoms. The Balaban J connectivity index is 2.47. The van der Waals surface area contributed by atoms with Gasteiger partial charge in [-0.15, -0.1) is 0 Å². The van der Waals surface area contributed by atoms with Gasteiger partial charge >= 0.3 is 0 Å². The van der Waals surface area contributed by atoms with Crippen LogP contribution < -0.4 is 9.46 Å². The first kappa shape index (κ1) is 12.9. The van der Waals surface area contributed by atoms with Crippen molar-refractivity contribution in [3.05, 3.63) is 36.0 Å². The zero-order chi connectivity index (χ0) is 13.9. The van der Waals surface area contributed by atoms with Crippen LogP contribution in [0.3, 0.4) is 0 Å². The van der Waals surface area contributed by atoms with E-state index >= 15 is 0 Å². The van der Waals surface area contributed by atoms with Gasteiger partial charge in [0.1, 0.15) is 17.5 Å². The zero-order valence-corrected chi connectivity index (χ0v) is 10.7. The van der Waals surface area contributed by atoms with Gasteiger partial charge in [0.25, 0.3) is 10.0 Å². The maximum Gasteiger partial charge on any atom is 0.278 e. The molecule has 0 saturated carbocycles. The van der Waals surface area contributed by atoms with Crippen LogP contribution in [0.1, 0.15) is 5.56 Å². The summed E-state index contributed by atoms with van der Waals surface area (Å²) in [6.45, 7) is 0. The van der Waals surface area contributed by atoms with Gasteiger partial charge in [-0.2, -0.15) is 18.8 Å². The second-order valence-corrected chi connectivity index (χ2v) is 5.17. The molecule has 1 heterocycles. The summed E-state index contributed by atoms with van der Waals surface area (Å²) in [5.41, 5.74) is 0.268. The minimum absolute atomic E-state index is 0.0951. The molecule has 8 heteroatoms. The number of aromatic amines is 1. The molecular weight excluding hydrogens is 268 g/mol. The summed E-state index contributed by atoms with van der Waals surface area (Å²) in [6, 6.07) is 7.87. The third-order valence-corrected chi connectivity index (χ3v) is 3.65. The predicted octanol–water partition coefficient (Wildman–Crippen LogP) is 1.09. The minimum Gasteiger partial charge on any atom is -0.495 e. The average molecular weight is 278 g/mol. The first-order valence-electron chi connectivity index (χ1n) is 5.18. The van der Waals surface area contributed by atoms with E-state index in [1.54, 1.807) is 12.1 Å². The molecule has 0 radical (unpaired) electrons. The first-order valence-corrected chi connectivity index (χ1v) is 6.66. The third-order valence-electron chi connectivity index (χ3n) is 2.37. The molecule has 2 N–H and O–H groups in total. The summed E-state index contributed by atoms with van der Waals surface area (Å²) in [5.74, 6) is 0.266. The molecule has 2 aromatic rings. The van der Waals surface area contributed by atoms with Gasteiger partial charge in [0.05, 0.1) is 18.9 Å². The number of benzene rings is 1. The highest BCUT2D eigenvalue weighted by molar-refractivity contribution is 7.92. The van der Waals surface area contributed by atoms with E-state index in [1.807, 2.05) is 6.07 Å². The summed E-state index contributed by atoms with van der Waals surface area (Å²) in [6.07, 6.45) is 1.32. The molecule has 0 amide bonds. The molecule has 0 unspecified atom stereocenters. The highest BCUT2D eigenvalue weighted by Crippen LogP contribution is 2.29. The minimum atomic E-state index is -3.83. The van der Waals surface area contributed by atoms with Crippen molar-refractivity contribution in [1.29, 1.82) is 5.26 Å². The highest BCUT2D eigenvalue weighted by Gasteiger charge is 2.20. The third kappa shape index (κ3) is 2.51. The van der Waals surface area contributed by atoms with E-state index in [4.69, 9.17) is 10.00 Å². The fourth-order valence-electron chi connectivity index (χ4n) is 1.48. The number of nitriles is 1. The van der Waals surface area contributed by atoms with Crippen LogP contribution in [0, 0.1) is 11.3 Å². The van der Waals surface area contributed by atoms with Gasteiger partial charge in [-0.1, -0.05) is 6.07 Å². The largest absolute Gasteiger partial charge is 0.495 e. The Morgan fingerprint density at radius 1 is 1.42 bits per heavy atom. The molecule has 0 aliphatic rings. The van der Waals surface area contributed by atoms with Crippen molar-refractivity contribution in [3.63, 3.8) is 0 Å². The number of nitrogens with zero attached hydrogens (tertiary/aromatic N) is 2. The predicted molar refractivity (Wildman–Crippen MR) is 67.1 cm³/mol. The van der Waals surface area contributed by atoms with Gasteiger partial charge in [-0.25, -0.2) is 0 Å². The fourth-order valence-corrected chi connectivity index (χ4v) is 2.48. The number of methoxy groups -OCH3 is 1. The fraction of sp³-hybridized carbons (Fsp3) is 0.0909. The normalized spacial score (nSPS) is 10.7. The Labute approximate surface area is 109 Å². The summed E-state index contributed by atoms with van der Waals surface area (Å²) >= 11 is 0. The van der Waals surface area contributed by atoms with Gasteiger partial charge in [-0.05, 0) is 18.2 Å². The van der Waals surface area contributed by atoms with E-state index in [9.17, 15) is 8.42 Å². The number of H-pyrrole nitrogens is 1. The molecule has 0 aliphatic heterocycles. The molecule has 1 aromatic heterocycles. The SMILES string of the molecule is COc1cccc(C#N)c1NS(=O)(=O)c1ccn[nH]1. The Morgan fingerprint density at radius 2 is 2.21 bits per heavy atom. The van der Waals surface area contributed by atoms with Gasteiger partial charge in [0.2, 0.25) is 0 Å². The molecule has 0 atom stereocenters. The van der Waals surface area contributed by atoms with E-state index in [0.717, 1.165) is 0 Å². The Kier molecular flexibility index (Phi) is 3.39. The van der Waals surface area contributed by atoms with Gasteiger partial charge < -0.3 is 4.74 Å². The van der Waals surface area contributed by atoms with Crippen molar-refractivity contribution in [2.75, 3.05) is 11.8 Å². The van der Waals surface area contributed by atoms with Crippen molar-refractivity contribution in [2.45, 2.75) is 5.03 Å². The second kappa shape index (κ2) is 4.99. The molecule has 7 nitrogen and oxygen atoms in total. The lowest BCUT2D eigenvalue weighted by Crippen LogP contribution is -2.15. The quantitative estimate of drug-likeness (QED) is 0.870. The van der Waals surface area contributed by atoms with Crippen LogP contribution in [-0.4, -0.2) is 25.7 Å². The number of para-hydroxylation sites is 1. The molecule has 0 spiro atoms. The van der Waals surface area contributed by atoms with Crippen LogP contribution in [0.4, 0.5) is 5.69 Å². The molecular formula is C11H10N4O3S. The van der Waals surface area contributed by atoms with Gasteiger partial charge in [0, 0.05) is 0 Å². The van der Waals surface area contributed by atoms with Gasteiger partial charge in [0.15, 0.2) is 5.03 Å². The van der Waals surface area contributed by atoms with Gasteiger partial charge in [-0.3, -0.25) is 9.82 Å². The Hall–Kier alpha value is -2.53. The summed E-state index contributed by atoms with van der Waals surface area (Å²) < 4.78 is 31.5. The number of hydrogen-bond acceptors (Lipinski definition) is 5. The maximum absolute atomic E-state index is 12.1. The van der Waals surface area contributed by atoms with Crippen LogP contribution in [-0.2, 0) is 10.0 Å². The maximum atomic E-state index is 12.1. The number of rotatable bonds is 4. The van der Waals surface area contributed by atoms with Crippen LogP contribution in [0.15, 0.2) is 35.5 Å². The number of anilines is 1.